The standard InChI is InChI=1S/C19H15N3S/c1-21-8-6-12-11-4-2-3-5-14(11)22-9-7-13-17(22)15(12)18(21)16-19(13)23-10-20-16/h2-6,8,10,17H,7,9H2,1H3/p+1. The maximum absolute atomic E-state index is 4.73. The number of fused-ring (bicyclic) bond motifs is 4. The van der Waals surface area contributed by atoms with E-state index in [2.05, 4.69) is 48.5 Å². The molecular weight excluding hydrogens is 302 g/mol. The highest BCUT2D eigenvalue weighted by molar-refractivity contribution is 7.07. The van der Waals surface area contributed by atoms with Crippen molar-refractivity contribution in [2.45, 2.75) is 12.5 Å². The first-order valence-corrected chi connectivity index (χ1v) is 9.00. The van der Waals surface area contributed by atoms with Gasteiger partial charge in [0.2, 0.25) is 0 Å². The van der Waals surface area contributed by atoms with Gasteiger partial charge in [-0.25, -0.2) is 4.98 Å². The second-order valence-electron chi connectivity index (χ2n) is 6.66. The molecule has 1 aromatic heterocycles. The van der Waals surface area contributed by atoms with Gasteiger partial charge in [-0.15, -0.1) is 11.3 Å². The fraction of sp³-hybridized carbons (Fsp3) is 0.211. The minimum absolute atomic E-state index is 0.482. The van der Waals surface area contributed by atoms with Crippen molar-refractivity contribution in [1.29, 1.82) is 0 Å². The lowest BCUT2D eigenvalue weighted by Crippen LogP contribution is -3.10. The molecule has 4 heterocycles. The fourth-order valence-electron chi connectivity index (χ4n) is 4.78. The normalized spacial score (nSPS) is 26.4. The molecule has 23 heavy (non-hydrogen) atoms. The number of aromatic nitrogens is 1. The zero-order valence-corrected chi connectivity index (χ0v) is 13.7. The zero-order valence-electron chi connectivity index (χ0n) is 12.8. The number of nitrogens with zero attached hydrogens (tertiary/aromatic N) is 2. The second-order valence-corrected chi connectivity index (χ2v) is 7.52. The minimum Gasteiger partial charge on any atom is -0.349 e. The van der Waals surface area contributed by atoms with Gasteiger partial charge >= 0.3 is 0 Å². The quantitative estimate of drug-likeness (QED) is 0.769. The molecule has 0 bridgehead atoms. The van der Waals surface area contributed by atoms with Crippen LogP contribution in [0.5, 0.6) is 0 Å². The molecule has 0 saturated carbocycles. The molecule has 2 unspecified atom stereocenters. The Morgan fingerprint density at radius 1 is 1.30 bits per heavy atom. The Balaban J connectivity index is 1.85. The molecule has 1 fully saturated rings. The van der Waals surface area contributed by atoms with E-state index in [1.165, 1.54) is 50.9 Å². The zero-order chi connectivity index (χ0) is 15.1. The molecule has 112 valence electrons. The summed E-state index contributed by atoms with van der Waals surface area (Å²) in [5, 5.41) is 1.20. The molecule has 4 heteroatoms. The van der Waals surface area contributed by atoms with Crippen LogP contribution in [-0.4, -0.2) is 29.5 Å². The average molecular weight is 318 g/mol. The lowest BCUT2D eigenvalue weighted by Gasteiger charge is -2.38. The number of quaternary nitrogens is 1. The van der Waals surface area contributed by atoms with Gasteiger partial charge in [-0.1, -0.05) is 12.1 Å². The third-order valence-electron chi connectivity index (χ3n) is 5.66. The third-order valence-corrected chi connectivity index (χ3v) is 6.56. The number of likely N-dealkylation sites (N-methyl/N-ethyl adjacent to an activating group) is 1. The number of para-hydroxylation sites is 1. The van der Waals surface area contributed by atoms with Gasteiger partial charge in [0.15, 0.2) is 0 Å². The molecule has 0 spiro atoms. The summed E-state index contributed by atoms with van der Waals surface area (Å²) in [5.41, 5.74) is 10.7. The van der Waals surface area contributed by atoms with Crippen LogP contribution in [0.15, 0.2) is 47.6 Å². The molecule has 0 radical (unpaired) electrons. The van der Waals surface area contributed by atoms with Crippen LogP contribution in [-0.2, 0) is 0 Å². The maximum atomic E-state index is 4.73. The largest absolute Gasteiger partial charge is 0.349 e. The molecule has 4 aliphatic rings. The van der Waals surface area contributed by atoms with Crippen molar-refractivity contribution < 1.29 is 4.90 Å². The van der Waals surface area contributed by atoms with Crippen molar-refractivity contribution in [3.8, 4) is 0 Å². The molecule has 3 aliphatic heterocycles. The number of rotatable bonds is 0. The summed E-state index contributed by atoms with van der Waals surface area (Å²) < 4.78 is 1.42. The van der Waals surface area contributed by atoms with E-state index in [1.54, 1.807) is 10.5 Å². The van der Waals surface area contributed by atoms with Gasteiger partial charge < -0.3 is 4.90 Å². The highest BCUT2D eigenvalue weighted by atomic mass is 32.1. The van der Waals surface area contributed by atoms with E-state index in [1.807, 2.05) is 16.8 Å². The Bertz CT molecular complexity index is 1060. The number of nitrogens with one attached hydrogen (secondary N) is 1. The summed E-state index contributed by atoms with van der Waals surface area (Å²) >= 11 is 1.81. The summed E-state index contributed by atoms with van der Waals surface area (Å²) in [6.07, 6.45) is 5.67. The van der Waals surface area contributed by atoms with Crippen LogP contribution in [0.3, 0.4) is 0 Å². The Hall–Kier alpha value is -2.17. The van der Waals surface area contributed by atoms with Crippen molar-refractivity contribution in [2.75, 3.05) is 13.6 Å². The van der Waals surface area contributed by atoms with Gasteiger partial charge in [-0.05, 0) is 18.2 Å². The van der Waals surface area contributed by atoms with Crippen LogP contribution in [0.2, 0.25) is 0 Å². The topological polar surface area (TPSA) is 20.6 Å². The molecular formula is C19H16N3S+. The molecule has 1 N–H and O–H groups in total. The lowest BCUT2D eigenvalue weighted by atomic mass is 9.81. The van der Waals surface area contributed by atoms with Crippen molar-refractivity contribution in [3.63, 3.8) is 0 Å². The Morgan fingerprint density at radius 3 is 3.17 bits per heavy atom. The first-order chi connectivity index (χ1) is 11.3. The third kappa shape index (κ3) is 1.33. The highest BCUT2D eigenvalue weighted by Gasteiger charge is 2.48. The van der Waals surface area contributed by atoms with Gasteiger partial charge in [0.25, 0.3) is 0 Å². The van der Waals surface area contributed by atoms with Crippen LogP contribution in [0.1, 0.15) is 12.0 Å². The smallest absolute Gasteiger partial charge is 0.144 e. The van der Waals surface area contributed by atoms with E-state index in [0.29, 0.717) is 6.04 Å². The van der Waals surface area contributed by atoms with Gasteiger partial charge in [0.1, 0.15) is 17.1 Å². The van der Waals surface area contributed by atoms with Crippen molar-refractivity contribution in [1.82, 2.24) is 9.88 Å². The molecule has 1 saturated heterocycles. The molecule has 2 aromatic rings. The minimum atomic E-state index is 0.482. The van der Waals surface area contributed by atoms with Crippen LogP contribution >= 0.6 is 11.3 Å². The van der Waals surface area contributed by atoms with Crippen LogP contribution in [0, 0.1) is 0 Å². The Labute approximate surface area is 138 Å². The van der Waals surface area contributed by atoms with Gasteiger partial charge in [0, 0.05) is 42.0 Å². The number of allylic oxidation sites excluding steroid dienone is 2. The number of thiazole rings is 1. The highest BCUT2D eigenvalue weighted by Crippen LogP contribution is 2.42. The van der Waals surface area contributed by atoms with Crippen molar-refractivity contribution in [2.24, 2.45) is 0 Å². The van der Waals surface area contributed by atoms with Gasteiger partial charge in [-0.2, -0.15) is 0 Å². The molecule has 1 aliphatic carbocycles. The van der Waals surface area contributed by atoms with E-state index in [9.17, 15) is 0 Å². The molecule has 1 aromatic carbocycles. The molecule has 3 nitrogen and oxygen atoms in total. The summed E-state index contributed by atoms with van der Waals surface area (Å²) in [5.74, 6) is 0. The van der Waals surface area contributed by atoms with E-state index in [0.717, 1.165) is 0 Å². The Kier molecular flexibility index (Phi) is 2.14. The predicted octanol–water partition coefficient (Wildman–Crippen LogP) is 0.631. The molecule has 6 rings (SSSR count). The lowest BCUT2D eigenvalue weighted by molar-refractivity contribution is -0.835. The maximum Gasteiger partial charge on any atom is 0.144 e. The average Bonchev–Trinajstić information content (AvgIpc) is 3.22. The van der Waals surface area contributed by atoms with E-state index in [-0.39, 0.29) is 0 Å². The van der Waals surface area contributed by atoms with E-state index < -0.39 is 0 Å². The first kappa shape index (κ1) is 12.3. The van der Waals surface area contributed by atoms with Crippen molar-refractivity contribution in [3.05, 3.63) is 63.1 Å². The Morgan fingerprint density at radius 2 is 2.22 bits per heavy atom. The second kappa shape index (κ2) is 4.02. The number of hydrogen-bond acceptors (Lipinski definition) is 3. The van der Waals surface area contributed by atoms with Crippen LogP contribution in [0.25, 0.3) is 16.8 Å². The van der Waals surface area contributed by atoms with E-state index in [4.69, 9.17) is 4.98 Å². The predicted molar refractivity (Wildman–Crippen MR) is 92.3 cm³/mol. The van der Waals surface area contributed by atoms with Crippen LogP contribution in [0.4, 0.5) is 5.69 Å². The molecule has 2 atom stereocenters. The number of hydrogen-bond donors (Lipinski definition) is 1. The van der Waals surface area contributed by atoms with Gasteiger partial charge in [-0.3, -0.25) is 4.90 Å². The van der Waals surface area contributed by atoms with E-state index >= 15 is 0 Å². The van der Waals surface area contributed by atoms with Crippen LogP contribution < -0.4 is 14.8 Å². The fourth-order valence-corrected chi connectivity index (χ4v) is 5.68. The monoisotopic (exact) mass is 318 g/mol. The molecule has 0 amide bonds. The first-order valence-electron chi connectivity index (χ1n) is 8.12. The summed E-state index contributed by atoms with van der Waals surface area (Å²) in [6, 6.07) is 9.42. The van der Waals surface area contributed by atoms with Gasteiger partial charge in [0.05, 0.1) is 22.3 Å². The summed E-state index contributed by atoms with van der Waals surface area (Å²) in [4.78, 5) is 8.62. The number of benzene rings is 1. The van der Waals surface area contributed by atoms with Crippen molar-refractivity contribution >= 4 is 33.9 Å². The summed E-state index contributed by atoms with van der Waals surface area (Å²) in [7, 11) is 2.15. The summed E-state index contributed by atoms with van der Waals surface area (Å²) in [6.45, 7) is 1.19. The SMILES string of the molecule is CN1C=CC2=C3C1=c1ncsc1=C1CC[NH+](c4ccccc42)C31.